The Balaban J connectivity index is 2.52. The summed E-state index contributed by atoms with van der Waals surface area (Å²) in [5.41, 5.74) is 0.523. The largest absolute Gasteiger partial charge is 0.382 e. The molecule has 88 valence electrons. The van der Waals surface area contributed by atoms with Crippen LogP contribution in [0.4, 0.5) is 10.2 Å². The quantitative estimate of drug-likeness (QED) is 0.612. The number of halogens is 2. The first kappa shape index (κ1) is 11.5. The van der Waals surface area contributed by atoms with Gasteiger partial charge in [0.1, 0.15) is 12.0 Å². The van der Waals surface area contributed by atoms with Gasteiger partial charge in [-0.3, -0.25) is 4.57 Å². The lowest BCUT2D eigenvalue weighted by atomic mass is 10.3. The van der Waals surface area contributed by atoms with Crippen LogP contribution >= 0.6 is 11.6 Å². The van der Waals surface area contributed by atoms with E-state index in [2.05, 4.69) is 4.98 Å². The Morgan fingerprint density at radius 1 is 1.53 bits per heavy atom. The zero-order chi connectivity index (χ0) is 12.6. The Kier molecular flexibility index (Phi) is 2.81. The Bertz CT molecular complexity index is 597. The van der Waals surface area contributed by atoms with Gasteiger partial charge in [0.25, 0.3) is 0 Å². The molecule has 0 aliphatic carbocycles. The molecule has 2 rings (SSSR count). The molecule has 1 aromatic carbocycles. The second kappa shape index (κ2) is 4.14. The monoisotopic (exact) mass is 255 g/mol. The number of nitro groups is 1. The van der Waals surface area contributed by atoms with E-state index in [4.69, 9.17) is 11.6 Å². The third-order valence-electron chi connectivity index (χ3n) is 2.24. The molecule has 0 radical (unpaired) electrons. The molecule has 0 aliphatic rings. The molecule has 1 heterocycles. The van der Waals surface area contributed by atoms with Crippen molar-refractivity contribution >= 4 is 17.4 Å². The minimum atomic E-state index is -0.589. The molecule has 0 amide bonds. The number of aryl methyl sites for hydroxylation is 1. The van der Waals surface area contributed by atoms with Gasteiger partial charge >= 0.3 is 5.82 Å². The van der Waals surface area contributed by atoms with Crippen molar-refractivity contribution in [2.75, 3.05) is 0 Å². The van der Waals surface area contributed by atoms with Gasteiger partial charge in [0.05, 0.1) is 10.7 Å². The van der Waals surface area contributed by atoms with Crippen molar-refractivity contribution in [3.05, 3.63) is 51.2 Å². The van der Waals surface area contributed by atoms with Crippen LogP contribution in [0.5, 0.6) is 0 Å². The van der Waals surface area contributed by atoms with Crippen LogP contribution in [0.2, 0.25) is 5.02 Å². The summed E-state index contributed by atoms with van der Waals surface area (Å²) in [5, 5.41) is 10.5. The zero-order valence-corrected chi connectivity index (χ0v) is 9.48. The fourth-order valence-electron chi connectivity index (χ4n) is 1.44. The Labute approximate surface area is 101 Å². The van der Waals surface area contributed by atoms with Gasteiger partial charge in [0.2, 0.25) is 5.82 Å². The van der Waals surface area contributed by atoms with Crippen LogP contribution in [0.25, 0.3) is 5.69 Å². The number of benzene rings is 1. The molecule has 0 atom stereocenters. The van der Waals surface area contributed by atoms with Gasteiger partial charge in [-0.1, -0.05) is 11.6 Å². The predicted molar refractivity (Wildman–Crippen MR) is 59.9 cm³/mol. The lowest BCUT2D eigenvalue weighted by Gasteiger charge is -2.03. The summed E-state index contributed by atoms with van der Waals surface area (Å²) >= 11 is 5.64. The minimum Gasteiger partial charge on any atom is -0.358 e. The third-order valence-corrected chi connectivity index (χ3v) is 2.53. The van der Waals surface area contributed by atoms with Crippen LogP contribution in [0.3, 0.4) is 0 Å². The van der Waals surface area contributed by atoms with Crippen LogP contribution in [-0.2, 0) is 0 Å². The van der Waals surface area contributed by atoms with E-state index in [1.54, 1.807) is 6.92 Å². The van der Waals surface area contributed by atoms with Crippen LogP contribution in [0.1, 0.15) is 5.82 Å². The highest BCUT2D eigenvalue weighted by Gasteiger charge is 2.16. The first-order valence-corrected chi connectivity index (χ1v) is 5.02. The van der Waals surface area contributed by atoms with Gasteiger partial charge < -0.3 is 10.1 Å². The maximum Gasteiger partial charge on any atom is 0.382 e. The second-order valence-corrected chi connectivity index (χ2v) is 3.78. The van der Waals surface area contributed by atoms with Gasteiger partial charge in [0.15, 0.2) is 0 Å². The molecule has 17 heavy (non-hydrogen) atoms. The smallest absolute Gasteiger partial charge is 0.358 e. The Morgan fingerprint density at radius 3 is 2.76 bits per heavy atom. The Hall–Kier alpha value is -1.95. The topological polar surface area (TPSA) is 61.0 Å². The molecule has 1 aromatic heterocycles. The molecule has 0 saturated carbocycles. The summed E-state index contributed by atoms with van der Waals surface area (Å²) in [6.07, 6.45) is 1.26. The first-order valence-electron chi connectivity index (χ1n) is 4.65. The van der Waals surface area contributed by atoms with E-state index in [0.717, 1.165) is 0 Å². The van der Waals surface area contributed by atoms with Crippen LogP contribution in [0, 0.1) is 22.9 Å². The zero-order valence-electron chi connectivity index (χ0n) is 8.72. The van der Waals surface area contributed by atoms with Gasteiger partial charge in [-0.25, -0.2) is 4.39 Å². The number of hydrogen-bond donors (Lipinski definition) is 0. The summed E-state index contributed by atoms with van der Waals surface area (Å²) in [6.45, 7) is 1.62. The van der Waals surface area contributed by atoms with E-state index >= 15 is 0 Å². The number of nitrogens with zero attached hydrogens (tertiary/aromatic N) is 3. The summed E-state index contributed by atoms with van der Waals surface area (Å²) in [6, 6.07) is 4.05. The van der Waals surface area contributed by atoms with E-state index in [0.29, 0.717) is 11.5 Å². The summed E-state index contributed by atoms with van der Waals surface area (Å²) in [4.78, 5) is 13.7. The van der Waals surface area contributed by atoms with E-state index < -0.39 is 10.7 Å². The van der Waals surface area contributed by atoms with Gasteiger partial charge in [-0.2, -0.15) is 0 Å². The van der Waals surface area contributed by atoms with E-state index in [9.17, 15) is 14.5 Å². The summed E-state index contributed by atoms with van der Waals surface area (Å²) < 4.78 is 14.5. The maximum atomic E-state index is 13.0. The van der Waals surface area contributed by atoms with Gasteiger partial charge in [-0.15, -0.1) is 0 Å². The van der Waals surface area contributed by atoms with Crippen molar-refractivity contribution < 1.29 is 9.31 Å². The van der Waals surface area contributed by atoms with Crippen LogP contribution in [-0.4, -0.2) is 14.5 Å². The predicted octanol–water partition coefficient (Wildman–Crippen LogP) is 2.88. The molecule has 0 spiro atoms. The van der Waals surface area contributed by atoms with Crippen LogP contribution < -0.4 is 0 Å². The van der Waals surface area contributed by atoms with Crippen molar-refractivity contribution in [3.8, 4) is 5.69 Å². The minimum absolute atomic E-state index is 0.0433. The molecule has 0 N–H and O–H groups in total. The molecule has 2 aromatic rings. The average Bonchev–Trinajstić information content (AvgIpc) is 2.65. The highest BCUT2D eigenvalue weighted by atomic mass is 35.5. The molecule has 0 unspecified atom stereocenters. The third kappa shape index (κ3) is 2.12. The average molecular weight is 256 g/mol. The highest BCUT2D eigenvalue weighted by Crippen LogP contribution is 2.21. The van der Waals surface area contributed by atoms with Crippen molar-refractivity contribution in [1.29, 1.82) is 0 Å². The molecule has 0 saturated heterocycles. The molecule has 0 aliphatic heterocycles. The lowest BCUT2D eigenvalue weighted by molar-refractivity contribution is -0.389. The molecular formula is C10H7ClFN3O2. The molecule has 7 heteroatoms. The molecular weight excluding hydrogens is 249 g/mol. The second-order valence-electron chi connectivity index (χ2n) is 3.37. The Morgan fingerprint density at radius 2 is 2.24 bits per heavy atom. The number of imidazole rings is 1. The SMILES string of the molecule is Cc1nc([N+](=O)[O-])cn1-c1ccc(F)c(Cl)c1. The van der Waals surface area contributed by atoms with Gasteiger partial charge in [-0.05, 0) is 28.1 Å². The van der Waals surface area contributed by atoms with Gasteiger partial charge in [0, 0.05) is 6.92 Å². The van der Waals surface area contributed by atoms with E-state index in [1.165, 1.54) is 29.0 Å². The van der Waals surface area contributed by atoms with Crippen LogP contribution in [0.15, 0.2) is 24.4 Å². The number of rotatable bonds is 2. The molecule has 0 bridgehead atoms. The van der Waals surface area contributed by atoms with Crippen molar-refractivity contribution in [2.24, 2.45) is 0 Å². The summed E-state index contributed by atoms with van der Waals surface area (Å²) in [5.74, 6) is -0.370. The highest BCUT2D eigenvalue weighted by molar-refractivity contribution is 6.30. The van der Waals surface area contributed by atoms with Crippen molar-refractivity contribution in [2.45, 2.75) is 6.92 Å². The van der Waals surface area contributed by atoms with Crippen molar-refractivity contribution in [3.63, 3.8) is 0 Å². The summed E-state index contributed by atoms with van der Waals surface area (Å²) in [7, 11) is 0. The lowest BCUT2D eigenvalue weighted by Crippen LogP contribution is -1.95. The molecule has 5 nitrogen and oxygen atoms in total. The molecule has 0 fully saturated rings. The maximum absolute atomic E-state index is 13.0. The van der Waals surface area contributed by atoms with E-state index in [1.807, 2.05) is 0 Å². The number of hydrogen-bond acceptors (Lipinski definition) is 3. The first-order chi connectivity index (χ1) is 7.99. The van der Waals surface area contributed by atoms with E-state index in [-0.39, 0.29) is 10.8 Å². The fourth-order valence-corrected chi connectivity index (χ4v) is 1.62. The normalized spacial score (nSPS) is 10.5. The van der Waals surface area contributed by atoms with Crippen molar-refractivity contribution in [1.82, 2.24) is 9.55 Å². The standard InChI is InChI=1S/C10H7ClFN3O2/c1-6-13-10(15(16)17)5-14(6)7-2-3-9(12)8(11)4-7/h2-5H,1H3. The fraction of sp³-hybridized carbons (Fsp3) is 0.100. The number of aromatic nitrogens is 2.